The number of benzene rings is 6. The van der Waals surface area contributed by atoms with Crippen molar-refractivity contribution in [3.63, 3.8) is 0 Å². The Bertz CT molecular complexity index is 1920. The third-order valence-electron chi connectivity index (χ3n) is 9.65. The van der Waals surface area contributed by atoms with Crippen LogP contribution in [-0.2, 0) is 55.1 Å². The molecule has 0 aromatic heterocycles. The van der Waals surface area contributed by atoms with E-state index in [1.807, 2.05) is 0 Å². The first kappa shape index (κ1) is 35.0. The van der Waals surface area contributed by atoms with Gasteiger partial charge in [-0.3, -0.25) is 0 Å². The minimum atomic E-state index is 0. The van der Waals surface area contributed by atoms with Gasteiger partial charge in [0, 0.05) is 0 Å². The first-order valence-corrected chi connectivity index (χ1v) is 18.9. The number of hydrogen-bond acceptors (Lipinski definition) is 0. The van der Waals surface area contributed by atoms with Gasteiger partial charge in [0.05, 0.1) is 0 Å². The van der Waals surface area contributed by atoms with Crippen LogP contribution in [0.15, 0.2) is 133 Å². The summed E-state index contributed by atoms with van der Waals surface area (Å²) in [6, 6.07) is 49.3. The second-order valence-corrected chi connectivity index (χ2v) is 17.6. The van der Waals surface area contributed by atoms with Gasteiger partial charge in [-0.1, -0.05) is 0 Å². The number of aryl methyl sites for hydroxylation is 4. The Morgan fingerprint density at radius 1 is 0.326 bits per heavy atom. The Kier molecular flexibility index (Phi) is 10.4. The van der Waals surface area contributed by atoms with Gasteiger partial charge in [0.25, 0.3) is 0 Å². The Morgan fingerprint density at radius 3 is 0.978 bits per heavy atom. The summed E-state index contributed by atoms with van der Waals surface area (Å²) < 4.78 is 0.145. The molecule has 0 fully saturated rings. The maximum absolute atomic E-state index is 2.34. The minimum Gasteiger partial charge on any atom is -0.147 e. The molecule has 46 heavy (non-hydrogen) atoms. The number of halogens is 2. The summed E-state index contributed by atoms with van der Waals surface area (Å²) in [6.07, 6.45) is 0. The largest absolute Gasteiger partial charge is 0.147 e. The molecule has 2 aliphatic rings. The maximum atomic E-state index is 2.34. The van der Waals surface area contributed by atoms with Gasteiger partial charge in [-0.25, -0.2) is 0 Å². The van der Waals surface area contributed by atoms with Crippen molar-refractivity contribution >= 4 is 24.8 Å². The molecule has 2 atom stereocenters. The van der Waals surface area contributed by atoms with Crippen LogP contribution in [0.2, 0.25) is 0 Å². The minimum absolute atomic E-state index is 0. The van der Waals surface area contributed by atoms with Gasteiger partial charge in [0.2, 0.25) is 0 Å². The Hall–Kier alpha value is -2.36. The monoisotopic (exact) mass is 970 g/mol. The van der Waals surface area contributed by atoms with Crippen LogP contribution in [0.4, 0.5) is 0 Å². The molecule has 0 N–H and O–H groups in total. The average Bonchev–Trinajstić information content (AvgIpc) is 3.46. The fourth-order valence-electron chi connectivity index (χ4n) is 7.59. The number of rotatable bonds is 2. The van der Waals surface area contributed by atoms with Crippen molar-refractivity contribution < 1.29 is 48.7 Å². The molecule has 0 spiro atoms. The molecule has 0 amide bonds. The molecule has 0 saturated carbocycles. The molecule has 8 rings (SSSR count). The second kappa shape index (κ2) is 13.6. The zero-order valence-corrected chi connectivity index (χ0v) is 35.3. The molecule has 4 heteroatoms. The van der Waals surface area contributed by atoms with Gasteiger partial charge >= 0.3 is 294 Å². The number of hydrogen-bond donors (Lipinski definition) is 0. The summed E-state index contributed by atoms with van der Waals surface area (Å²) in [6.45, 7) is 8.96. The third-order valence-corrected chi connectivity index (χ3v) is 15.5. The molecule has 2 unspecified atom stereocenters. The summed E-state index contributed by atoms with van der Waals surface area (Å²) in [7, 11) is 0. The van der Waals surface area contributed by atoms with E-state index in [9.17, 15) is 0 Å². The van der Waals surface area contributed by atoms with Crippen molar-refractivity contribution in [1.82, 2.24) is 0 Å². The zero-order valence-electron chi connectivity index (χ0n) is 26.5. The van der Waals surface area contributed by atoms with Crippen molar-refractivity contribution in [2.75, 3.05) is 0 Å². The molecule has 226 valence electrons. The Labute approximate surface area is 316 Å². The Balaban J connectivity index is 0.000000174. The van der Waals surface area contributed by atoms with Crippen LogP contribution in [0.5, 0.6) is 0 Å². The Morgan fingerprint density at radius 2 is 0.609 bits per heavy atom. The van der Waals surface area contributed by atoms with E-state index in [0.717, 1.165) is 48.7 Å². The van der Waals surface area contributed by atoms with Gasteiger partial charge < -0.3 is 0 Å². The van der Waals surface area contributed by atoms with Crippen LogP contribution < -0.4 is 0 Å². The molecule has 0 heterocycles. The summed E-state index contributed by atoms with van der Waals surface area (Å²) >= 11 is 2.14. The molecule has 0 saturated heterocycles. The van der Waals surface area contributed by atoms with Crippen LogP contribution in [0, 0.1) is 27.7 Å². The summed E-state index contributed by atoms with van der Waals surface area (Å²) in [4.78, 5) is 0. The van der Waals surface area contributed by atoms with E-state index >= 15 is 0 Å². The van der Waals surface area contributed by atoms with Crippen molar-refractivity contribution in [3.05, 3.63) is 189 Å². The smallest absolute Gasteiger partial charge is 0.147 e. The van der Waals surface area contributed by atoms with Gasteiger partial charge in [0.1, 0.15) is 0 Å². The molecular formula is C42H36Cl2Hf2. The molecule has 0 radical (unpaired) electrons. The molecule has 0 bridgehead atoms. The normalized spacial score (nSPS) is 18.0. The summed E-state index contributed by atoms with van der Waals surface area (Å²) in [5, 5.41) is 0. The van der Waals surface area contributed by atoms with Crippen LogP contribution in [-0.4, -0.2) is 0 Å². The molecule has 6 aromatic carbocycles. The predicted octanol–water partition coefficient (Wildman–Crippen LogP) is 11.1. The maximum Gasteiger partial charge on any atom is -0.147 e. The van der Waals surface area contributed by atoms with E-state index in [-0.39, 0.29) is 31.2 Å². The van der Waals surface area contributed by atoms with Crippen LogP contribution >= 0.6 is 24.8 Å². The van der Waals surface area contributed by atoms with Crippen molar-refractivity contribution in [3.8, 4) is 22.3 Å². The van der Waals surface area contributed by atoms with Crippen LogP contribution in [0.25, 0.3) is 22.3 Å². The van der Waals surface area contributed by atoms with Crippen molar-refractivity contribution in [1.29, 1.82) is 0 Å². The molecule has 0 nitrogen and oxygen atoms in total. The van der Waals surface area contributed by atoms with Crippen LogP contribution in [0.3, 0.4) is 0 Å². The first-order chi connectivity index (χ1) is 21.3. The van der Waals surface area contributed by atoms with Crippen molar-refractivity contribution in [2.45, 2.75) is 34.0 Å². The molecule has 0 aliphatic heterocycles. The molecular weight excluding hydrogens is 932 g/mol. The van der Waals surface area contributed by atoms with Gasteiger partial charge in [0.15, 0.2) is 0 Å². The van der Waals surface area contributed by atoms with E-state index in [1.165, 1.54) is 77.9 Å². The van der Waals surface area contributed by atoms with E-state index in [2.05, 4.69) is 161 Å². The van der Waals surface area contributed by atoms with E-state index in [4.69, 9.17) is 0 Å². The first-order valence-electron chi connectivity index (χ1n) is 15.3. The van der Waals surface area contributed by atoms with E-state index in [1.54, 1.807) is 0 Å². The fourth-order valence-corrected chi connectivity index (χ4v) is 12.7. The molecule has 2 aliphatic carbocycles. The fraction of sp³-hybridized carbons (Fsp3) is 0.143. The summed E-state index contributed by atoms with van der Waals surface area (Å²) in [5.41, 5.74) is 20.2. The quantitative estimate of drug-likeness (QED) is 0.152. The third kappa shape index (κ3) is 5.33. The average molecular weight is 969 g/mol. The number of fused-ring (bicyclic) bond motifs is 6. The van der Waals surface area contributed by atoms with Crippen LogP contribution in [0.1, 0.15) is 55.6 Å². The second-order valence-electron chi connectivity index (χ2n) is 12.2. The van der Waals surface area contributed by atoms with E-state index in [0.29, 0.717) is 0 Å². The zero-order chi connectivity index (χ0) is 30.6. The standard InChI is InChI=1S/2C21H17.2ClH.2Hf/c2*1-14-8-3-4-10-16(14)21-18-12-6-5-11-17(18)20-15(2)9-7-13-19(20)21;;;;/h2*3-13H,1-2H3;2*1H;;. The molecule has 6 aromatic rings. The van der Waals surface area contributed by atoms with Gasteiger partial charge in [-0.2, -0.15) is 0 Å². The summed E-state index contributed by atoms with van der Waals surface area (Å²) in [5.74, 6) is 0. The van der Waals surface area contributed by atoms with Gasteiger partial charge in [-0.15, -0.1) is 24.8 Å². The predicted molar refractivity (Wildman–Crippen MR) is 190 cm³/mol. The SMILES string of the molecule is Cc1ccccc1[C]1([Hf])c2ccccc2-c2c(C)cccc21.Cc1ccccc1[C]1([Hf])c2ccccc2-c2c(C)cccc21.Cl.Cl. The topological polar surface area (TPSA) is 0 Å². The van der Waals surface area contributed by atoms with Gasteiger partial charge in [-0.05, 0) is 0 Å². The van der Waals surface area contributed by atoms with E-state index < -0.39 is 0 Å². The van der Waals surface area contributed by atoms with Crippen molar-refractivity contribution in [2.24, 2.45) is 0 Å².